The van der Waals surface area contributed by atoms with Gasteiger partial charge < -0.3 is 10.5 Å². The molecule has 4 heteroatoms. The lowest BCUT2D eigenvalue weighted by atomic mass is 10.1. The Bertz CT molecular complexity index is 496. The molecule has 1 aromatic carbocycles. The van der Waals surface area contributed by atoms with E-state index in [-0.39, 0.29) is 0 Å². The first-order valence-electron chi connectivity index (χ1n) is 4.86. The highest BCUT2D eigenvalue weighted by molar-refractivity contribution is 7.10. The standard InChI is InChI=1S/C12H12ClNOS/c1-15-11-3-2-8(6-10(11)13)9-4-5-16-12(9)7-14/h2-6H,7,14H2,1H3. The summed E-state index contributed by atoms with van der Waals surface area (Å²) in [7, 11) is 1.61. The van der Waals surface area contributed by atoms with Gasteiger partial charge in [0.05, 0.1) is 12.1 Å². The van der Waals surface area contributed by atoms with Gasteiger partial charge in [0.1, 0.15) is 5.75 Å². The van der Waals surface area contributed by atoms with Crippen LogP contribution >= 0.6 is 22.9 Å². The Hall–Kier alpha value is -1.03. The third kappa shape index (κ3) is 2.07. The molecule has 16 heavy (non-hydrogen) atoms. The van der Waals surface area contributed by atoms with Crippen molar-refractivity contribution in [2.24, 2.45) is 5.73 Å². The zero-order chi connectivity index (χ0) is 11.5. The molecule has 0 spiro atoms. The molecule has 0 fully saturated rings. The highest BCUT2D eigenvalue weighted by Gasteiger charge is 2.08. The van der Waals surface area contributed by atoms with Crippen LogP contribution < -0.4 is 10.5 Å². The number of nitrogens with two attached hydrogens (primary N) is 1. The number of benzene rings is 1. The largest absolute Gasteiger partial charge is 0.495 e. The molecule has 0 atom stereocenters. The molecule has 0 amide bonds. The van der Waals surface area contributed by atoms with E-state index in [9.17, 15) is 0 Å². The van der Waals surface area contributed by atoms with E-state index in [2.05, 4.69) is 6.07 Å². The molecule has 1 heterocycles. The summed E-state index contributed by atoms with van der Waals surface area (Å²) in [5.41, 5.74) is 7.91. The summed E-state index contributed by atoms with van der Waals surface area (Å²) in [5.74, 6) is 0.690. The fraction of sp³-hybridized carbons (Fsp3) is 0.167. The van der Waals surface area contributed by atoms with Crippen LogP contribution in [-0.4, -0.2) is 7.11 Å². The third-order valence-electron chi connectivity index (χ3n) is 2.39. The van der Waals surface area contributed by atoms with Crippen LogP contribution in [0.25, 0.3) is 11.1 Å². The fourth-order valence-corrected chi connectivity index (χ4v) is 2.62. The molecule has 0 saturated carbocycles. The molecular formula is C12H12ClNOS. The van der Waals surface area contributed by atoms with Crippen molar-refractivity contribution in [2.75, 3.05) is 7.11 Å². The van der Waals surface area contributed by atoms with Crippen LogP contribution in [0.5, 0.6) is 5.75 Å². The van der Waals surface area contributed by atoms with E-state index in [4.69, 9.17) is 22.1 Å². The van der Waals surface area contributed by atoms with Gasteiger partial charge in [0.15, 0.2) is 0 Å². The Morgan fingerprint density at radius 2 is 2.19 bits per heavy atom. The molecule has 2 rings (SSSR count). The monoisotopic (exact) mass is 253 g/mol. The van der Waals surface area contributed by atoms with Crippen molar-refractivity contribution in [1.82, 2.24) is 0 Å². The summed E-state index contributed by atoms with van der Waals surface area (Å²) >= 11 is 7.75. The van der Waals surface area contributed by atoms with Gasteiger partial charge in [-0.1, -0.05) is 17.7 Å². The molecule has 0 aliphatic rings. The van der Waals surface area contributed by atoms with Crippen LogP contribution in [0.1, 0.15) is 4.88 Å². The molecule has 0 unspecified atom stereocenters. The summed E-state index contributed by atoms with van der Waals surface area (Å²) in [6, 6.07) is 7.83. The average molecular weight is 254 g/mol. The maximum atomic E-state index is 6.09. The quantitative estimate of drug-likeness (QED) is 0.908. The minimum Gasteiger partial charge on any atom is -0.495 e. The topological polar surface area (TPSA) is 35.2 Å². The van der Waals surface area contributed by atoms with E-state index in [0.29, 0.717) is 17.3 Å². The molecule has 2 N–H and O–H groups in total. The van der Waals surface area contributed by atoms with Crippen LogP contribution in [0.4, 0.5) is 0 Å². The zero-order valence-corrected chi connectivity index (χ0v) is 10.4. The van der Waals surface area contributed by atoms with Crippen LogP contribution in [0.15, 0.2) is 29.6 Å². The predicted molar refractivity (Wildman–Crippen MR) is 69.2 cm³/mol. The summed E-state index contributed by atoms with van der Waals surface area (Å²) in [6.07, 6.45) is 0. The molecular weight excluding hydrogens is 242 g/mol. The van der Waals surface area contributed by atoms with Gasteiger partial charge in [-0.05, 0) is 34.7 Å². The van der Waals surface area contributed by atoms with Crippen LogP contribution in [0, 0.1) is 0 Å². The van der Waals surface area contributed by atoms with Crippen LogP contribution in [-0.2, 0) is 6.54 Å². The van der Waals surface area contributed by atoms with E-state index in [1.54, 1.807) is 18.4 Å². The number of methoxy groups -OCH3 is 1. The van der Waals surface area contributed by atoms with Crippen molar-refractivity contribution in [3.8, 4) is 16.9 Å². The van der Waals surface area contributed by atoms with Gasteiger partial charge in [-0.25, -0.2) is 0 Å². The molecule has 0 radical (unpaired) electrons. The summed E-state index contributed by atoms with van der Waals surface area (Å²) in [6.45, 7) is 0.552. The van der Waals surface area contributed by atoms with Gasteiger partial charge in [-0.3, -0.25) is 0 Å². The average Bonchev–Trinajstić information content (AvgIpc) is 2.77. The zero-order valence-electron chi connectivity index (χ0n) is 8.87. The minimum absolute atomic E-state index is 0.552. The normalized spacial score (nSPS) is 10.4. The Balaban J connectivity index is 2.45. The molecule has 0 aliphatic heterocycles. The summed E-state index contributed by atoms with van der Waals surface area (Å²) < 4.78 is 5.12. The second kappa shape index (κ2) is 4.87. The van der Waals surface area contributed by atoms with Crippen molar-refractivity contribution >= 4 is 22.9 Å². The first-order chi connectivity index (χ1) is 7.76. The van der Waals surface area contributed by atoms with Gasteiger partial charge in [0.25, 0.3) is 0 Å². The lowest BCUT2D eigenvalue weighted by Crippen LogP contribution is -1.94. The Kier molecular flexibility index (Phi) is 3.49. The van der Waals surface area contributed by atoms with Gasteiger partial charge in [-0.15, -0.1) is 11.3 Å². The molecule has 0 aliphatic carbocycles. The van der Waals surface area contributed by atoms with Gasteiger partial charge in [0, 0.05) is 11.4 Å². The molecule has 2 nitrogen and oxygen atoms in total. The lowest BCUT2D eigenvalue weighted by molar-refractivity contribution is 0.415. The van der Waals surface area contributed by atoms with E-state index in [0.717, 1.165) is 11.1 Å². The maximum absolute atomic E-state index is 6.09. The first-order valence-corrected chi connectivity index (χ1v) is 6.12. The number of ether oxygens (including phenoxy) is 1. The van der Waals surface area contributed by atoms with Crippen molar-refractivity contribution in [3.63, 3.8) is 0 Å². The van der Waals surface area contributed by atoms with Gasteiger partial charge >= 0.3 is 0 Å². The first kappa shape index (κ1) is 11.5. The Labute approximate surface area is 104 Å². The second-order valence-electron chi connectivity index (χ2n) is 3.31. The van der Waals surface area contributed by atoms with Gasteiger partial charge in [0.2, 0.25) is 0 Å². The molecule has 2 aromatic rings. The molecule has 0 saturated heterocycles. The van der Waals surface area contributed by atoms with Gasteiger partial charge in [-0.2, -0.15) is 0 Å². The number of thiophene rings is 1. The van der Waals surface area contributed by atoms with E-state index < -0.39 is 0 Å². The number of rotatable bonds is 3. The summed E-state index contributed by atoms with van der Waals surface area (Å²) in [4.78, 5) is 1.17. The number of halogens is 1. The number of hydrogen-bond donors (Lipinski definition) is 1. The Morgan fingerprint density at radius 1 is 1.38 bits per heavy atom. The maximum Gasteiger partial charge on any atom is 0.137 e. The molecule has 1 aromatic heterocycles. The van der Waals surface area contributed by atoms with Crippen LogP contribution in [0.3, 0.4) is 0 Å². The molecule has 0 bridgehead atoms. The van der Waals surface area contributed by atoms with E-state index in [1.807, 2.05) is 23.6 Å². The lowest BCUT2D eigenvalue weighted by Gasteiger charge is -2.06. The third-order valence-corrected chi connectivity index (χ3v) is 3.63. The highest BCUT2D eigenvalue weighted by atomic mass is 35.5. The van der Waals surface area contributed by atoms with E-state index in [1.165, 1.54) is 4.88 Å². The van der Waals surface area contributed by atoms with Crippen molar-refractivity contribution < 1.29 is 4.74 Å². The molecule has 84 valence electrons. The SMILES string of the molecule is COc1ccc(-c2ccsc2CN)cc1Cl. The van der Waals surface area contributed by atoms with Crippen molar-refractivity contribution in [3.05, 3.63) is 39.5 Å². The smallest absolute Gasteiger partial charge is 0.137 e. The second-order valence-corrected chi connectivity index (χ2v) is 4.72. The van der Waals surface area contributed by atoms with Crippen molar-refractivity contribution in [1.29, 1.82) is 0 Å². The fourth-order valence-electron chi connectivity index (χ4n) is 1.59. The number of hydrogen-bond acceptors (Lipinski definition) is 3. The van der Waals surface area contributed by atoms with Crippen LogP contribution in [0.2, 0.25) is 5.02 Å². The Morgan fingerprint density at radius 3 is 2.81 bits per heavy atom. The van der Waals surface area contributed by atoms with Crippen molar-refractivity contribution in [2.45, 2.75) is 6.54 Å². The minimum atomic E-state index is 0.552. The summed E-state index contributed by atoms with van der Waals surface area (Å²) in [5, 5.41) is 2.66. The predicted octanol–water partition coefficient (Wildman–Crippen LogP) is 3.54. The highest BCUT2D eigenvalue weighted by Crippen LogP contribution is 2.33. The van der Waals surface area contributed by atoms with E-state index >= 15 is 0 Å².